The number of ether oxygens (including phenoxy) is 1. The molecule has 0 amide bonds. The molecule has 0 spiro atoms. The van der Waals surface area contributed by atoms with Crippen LogP contribution in [0.2, 0.25) is 0 Å². The maximum absolute atomic E-state index is 5.59. The fourth-order valence-corrected chi connectivity index (χ4v) is 3.37. The minimum absolute atomic E-state index is 0.119. The molecule has 1 unspecified atom stereocenters. The molecule has 0 bridgehead atoms. The Labute approximate surface area is 119 Å². The van der Waals surface area contributed by atoms with Gasteiger partial charge in [-0.3, -0.25) is 0 Å². The first kappa shape index (κ1) is 14.5. The summed E-state index contributed by atoms with van der Waals surface area (Å²) in [7, 11) is 1.79. The molecule has 19 heavy (non-hydrogen) atoms. The quantitative estimate of drug-likeness (QED) is 0.846. The van der Waals surface area contributed by atoms with Gasteiger partial charge in [0.15, 0.2) is 0 Å². The van der Waals surface area contributed by atoms with E-state index in [4.69, 9.17) is 4.74 Å². The van der Waals surface area contributed by atoms with Crippen LogP contribution in [0.5, 0.6) is 0 Å². The van der Waals surface area contributed by atoms with Crippen molar-refractivity contribution in [2.45, 2.75) is 38.8 Å². The van der Waals surface area contributed by atoms with Crippen LogP contribution in [0.25, 0.3) is 10.1 Å². The van der Waals surface area contributed by atoms with Crippen LogP contribution in [0.15, 0.2) is 29.6 Å². The molecule has 2 rings (SSSR count). The predicted octanol–water partition coefficient (Wildman–Crippen LogP) is 4.37. The Kier molecular flexibility index (Phi) is 4.61. The van der Waals surface area contributed by atoms with Crippen molar-refractivity contribution in [1.29, 1.82) is 0 Å². The van der Waals surface area contributed by atoms with Crippen molar-refractivity contribution in [1.82, 2.24) is 5.32 Å². The lowest BCUT2D eigenvalue weighted by atomic mass is 9.93. The lowest BCUT2D eigenvalue weighted by Gasteiger charge is -2.29. The Morgan fingerprint density at radius 3 is 2.79 bits per heavy atom. The first-order valence-electron chi connectivity index (χ1n) is 6.82. The smallest absolute Gasteiger partial charge is 0.0640 e. The molecule has 1 heterocycles. The molecule has 0 aliphatic heterocycles. The van der Waals surface area contributed by atoms with Crippen molar-refractivity contribution in [3.8, 4) is 0 Å². The number of methoxy groups -OCH3 is 1. The van der Waals surface area contributed by atoms with E-state index < -0.39 is 0 Å². The van der Waals surface area contributed by atoms with Crippen LogP contribution in [-0.4, -0.2) is 19.3 Å². The Morgan fingerprint density at radius 1 is 1.32 bits per heavy atom. The van der Waals surface area contributed by atoms with Crippen LogP contribution in [0.1, 0.15) is 38.8 Å². The third-order valence-corrected chi connectivity index (χ3v) is 4.56. The normalized spacial score (nSPS) is 13.9. The molecule has 104 valence electrons. The highest BCUT2D eigenvalue weighted by atomic mass is 32.1. The van der Waals surface area contributed by atoms with Gasteiger partial charge in [0.05, 0.1) is 5.60 Å². The van der Waals surface area contributed by atoms with Crippen LogP contribution < -0.4 is 5.32 Å². The first-order valence-corrected chi connectivity index (χ1v) is 7.70. The van der Waals surface area contributed by atoms with Crippen LogP contribution in [0.3, 0.4) is 0 Å². The number of nitrogens with one attached hydrogen (secondary N) is 1. The molecule has 1 aromatic heterocycles. The van der Waals surface area contributed by atoms with Crippen molar-refractivity contribution < 1.29 is 4.74 Å². The highest BCUT2D eigenvalue weighted by Gasteiger charge is 2.24. The van der Waals surface area contributed by atoms with Crippen LogP contribution in [-0.2, 0) is 4.74 Å². The second-order valence-corrected chi connectivity index (χ2v) is 6.38. The Bertz CT molecular complexity index is 532. The molecule has 2 aromatic rings. The minimum Gasteiger partial charge on any atom is -0.379 e. The number of benzene rings is 1. The van der Waals surface area contributed by atoms with Crippen molar-refractivity contribution >= 4 is 21.4 Å². The van der Waals surface area contributed by atoms with Gasteiger partial charge in [-0.1, -0.05) is 25.1 Å². The fraction of sp³-hybridized carbons (Fsp3) is 0.500. The first-order chi connectivity index (χ1) is 9.07. The molecular weight excluding hydrogens is 254 g/mol. The molecule has 0 saturated carbocycles. The highest BCUT2D eigenvalue weighted by molar-refractivity contribution is 7.17. The summed E-state index contributed by atoms with van der Waals surface area (Å²) in [6.07, 6.45) is 0.967. The van der Waals surface area contributed by atoms with Gasteiger partial charge in [-0.2, -0.15) is 0 Å². The van der Waals surface area contributed by atoms with Crippen molar-refractivity contribution in [3.63, 3.8) is 0 Å². The maximum Gasteiger partial charge on any atom is 0.0640 e. The van der Waals surface area contributed by atoms with Gasteiger partial charge >= 0.3 is 0 Å². The number of fused-ring (bicyclic) bond motifs is 1. The average Bonchev–Trinajstić information content (AvgIpc) is 2.86. The summed E-state index contributed by atoms with van der Waals surface area (Å²) in [5.74, 6) is 0. The summed E-state index contributed by atoms with van der Waals surface area (Å²) in [5, 5.41) is 7.10. The van der Waals surface area contributed by atoms with E-state index in [0.29, 0.717) is 6.04 Å². The molecule has 0 aliphatic rings. The Hall–Kier alpha value is -0.900. The van der Waals surface area contributed by atoms with Gasteiger partial charge < -0.3 is 10.1 Å². The van der Waals surface area contributed by atoms with E-state index >= 15 is 0 Å². The van der Waals surface area contributed by atoms with E-state index in [-0.39, 0.29) is 5.60 Å². The molecule has 0 aliphatic carbocycles. The van der Waals surface area contributed by atoms with Crippen LogP contribution in [0, 0.1) is 0 Å². The summed E-state index contributed by atoms with van der Waals surface area (Å²) in [5.41, 5.74) is 1.27. The van der Waals surface area contributed by atoms with Gasteiger partial charge in [-0.05, 0) is 49.2 Å². The number of hydrogen-bond acceptors (Lipinski definition) is 3. The summed E-state index contributed by atoms with van der Waals surface area (Å²) < 4.78 is 6.98. The SMILES string of the molecule is CCNC(CC(C)(C)OC)c1cccc2ccsc12. The molecule has 1 aromatic carbocycles. The summed E-state index contributed by atoms with van der Waals surface area (Å²) in [6, 6.07) is 9.09. The van der Waals surface area contributed by atoms with Crippen molar-refractivity contribution in [3.05, 3.63) is 35.2 Å². The molecule has 0 radical (unpaired) electrons. The van der Waals surface area contributed by atoms with Gasteiger partial charge in [0.25, 0.3) is 0 Å². The van der Waals surface area contributed by atoms with Gasteiger partial charge in [0.1, 0.15) is 0 Å². The summed E-state index contributed by atoms with van der Waals surface area (Å²) in [6.45, 7) is 7.41. The summed E-state index contributed by atoms with van der Waals surface area (Å²) >= 11 is 1.82. The monoisotopic (exact) mass is 277 g/mol. The second-order valence-electron chi connectivity index (χ2n) is 5.46. The van der Waals surface area contributed by atoms with Crippen molar-refractivity contribution in [2.75, 3.05) is 13.7 Å². The molecule has 3 heteroatoms. The molecule has 1 atom stereocenters. The average molecular weight is 277 g/mol. The summed E-state index contributed by atoms with van der Waals surface area (Å²) in [4.78, 5) is 0. The van der Waals surface area contributed by atoms with Crippen LogP contribution in [0.4, 0.5) is 0 Å². The minimum atomic E-state index is -0.119. The predicted molar refractivity (Wildman–Crippen MR) is 83.9 cm³/mol. The Balaban J connectivity index is 2.35. The van der Waals surface area contributed by atoms with Crippen LogP contribution >= 0.6 is 11.3 Å². The molecule has 0 saturated heterocycles. The fourth-order valence-electron chi connectivity index (χ4n) is 2.40. The standard InChI is InChI=1S/C16H23NOS/c1-5-17-14(11-16(2,3)18-4)13-8-6-7-12-9-10-19-15(12)13/h6-10,14,17H,5,11H2,1-4H3. The lowest BCUT2D eigenvalue weighted by Crippen LogP contribution is -2.32. The number of hydrogen-bond donors (Lipinski definition) is 1. The maximum atomic E-state index is 5.59. The molecule has 1 N–H and O–H groups in total. The third-order valence-electron chi connectivity index (χ3n) is 3.58. The van der Waals surface area contributed by atoms with Gasteiger partial charge in [-0.15, -0.1) is 11.3 Å². The van der Waals surface area contributed by atoms with E-state index in [1.807, 2.05) is 11.3 Å². The molecular formula is C16H23NOS. The zero-order valence-electron chi connectivity index (χ0n) is 12.2. The Morgan fingerprint density at radius 2 is 2.11 bits per heavy atom. The lowest BCUT2D eigenvalue weighted by molar-refractivity contribution is 0.00710. The largest absolute Gasteiger partial charge is 0.379 e. The van der Waals surface area contributed by atoms with E-state index in [1.54, 1.807) is 7.11 Å². The topological polar surface area (TPSA) is 21.3 Å². The van der Waals surface area contributed by atoms with Gasteiger partial charge in [-0.25, -0.2) is 0 Å². The zero-order valence-corrected chi connectivity index (χ0v) is 13.0. The number of thiophene rings is 1. The van der Waals surface area contributed by atoms with E-state index in [1.165, 1.54) is 15.6 Å². The van der Waals surface area contributed by atoms with E-state index in [9.17, 15) is 0 Å². The van der Waals surface area contributed by atoms with E-state index in [2.05, 4.69) is 55.7 Å². The molecule has 2 nitrogen and oxygen atoms in total. The highest BCUT2D eigenvalue weighted by Crippen LogP contribution is 2.33. The van der Waals surface area contributed by atoms with Gasteiger partial charge in [0.2, 0.25) is 0 Å². The second kappa shape index (κ2) is 6.04. The third kappa shape index (κ3) is 3.35. The number of rotatable bonds is 6. The van der Waals surface area contributed by atoms with Crippen molar-refractivity contribution in [2.24, 2.45) is 0 Å². The van der Waals surface area contributed by atoms with E-state index in [0.717, 1.165) is 13.0 Å². The molecule has 0 fully saturated rings. The van der Waals surface area contributed by atoms with Gasteiger partial charge in [0, 0.05) is 17.9 Å². The zero-order chi connectivity index (χ0) is 13.9.